The van der Waals surface area contributed by atoms with E-state index in [1.165, 1.54) is 0 Å². The number of nitrogens with zero attached hydrogens (tertiary/aromatic N) is 2. The SMILES string of the molecule is CC(C)(C)c1nc(NN)cc(Nc2cc(Cl)ccc2Cl)n1. The van der Waals surface area contributed by atoms with Crippen LogP contribution in [0.25, 0.3) is 0 Å². The van der Waals surface area contributed by atoms with Crippen molar-refractivity contribution in [3.63, 3.8) is 0 Å². The van der Waals surface area contributed by atoms with Gasteiger partial charge in [0.2, 0.25) is 0 Å². The first-order valence-corrected chi connectivity index (χ1v) is 7.13. The smallest absolute Gasteiger partial charge is 0.145 e. The van der Waals surface area contributed by atoms with Gasteiger partial charge in [-0.2, -0.15) is 0 Å². The normalized spacial score (nSPS) is 11.3. The van der Waals surface area contributed by atoms with Crippen LogP contribution in [0, 0.1) is 0 Å². The second-order valence-corrected chi connectivity index (χ2v) is 6.45. The number of nitrogens with two attached hydrogens (primary N) is 1. The first kappa shape index (κ1) is 15.8. The zero-order valence-electron chi connectivity index (χ0n) is 12.0. The molecule has 112 valence electrons. The third-order valence-corrected chi connectivity index (χ3v) is 3.30. The summed E-state index contributed by atoms with van der Waals surface area (Å²) in [5.74, 6) is 7.24. The van der Waals surface area contributed by atoms with Gasteiger partial charge in [-0.15, -0.1) is 0 Å². The molecule has 0 fully saturated rings. The lowest BCUT2D eigenvalue weighted by atomic mass is 9.96. The molecule has 2 aromatic rings. The lowest BCUT2D eigenvalue weighted by Gasteiger charge is -2.19. The lowest BCUT2D eigenvalue weighted by Crippen LogP contribution is -2.19. The van der Waals surface area contributed by atoms with Gasteiger partial charge in [-0.05, 0) is 18.2 Å². The number of hydrazine groups is 1. The van der Waals surface area contributed by atoms with Crippen molar-refractivity contribution in [2.24, 2.45) is 5.84 Å². The number of nitrogens with one attached hydrogen (secondary N) is 2. The minimum atomic E-state index is -0.207. The van der Waals surface area contributed by atoms with Gasteiger partial charge < -0.3 is 10.7 Å². The molecule has 21 heavy (non-hydrogen) atoms. The summed E-state index contributed by atoms with van der Waals surface area (Å²) in [5, 5.41) is 4.28. The maximum absolute atomic E-state index is 6.14. The Kier molecular flexibility index (Phi) is 4.56. The van der Waals surface area contributed by atoms with Gasteiger partial charge in [0.15, 0.2) is 0 Å². The van der Waals surface area contributed by atoms with E-state index in [1.807, 2.05) is 20.8 Å². The fourth-order valence-corrected chi connectivity index (χ4v) is 1.99. The largest absolute Gasteiger partial charge is 0.339 e. The second kappa shape index (κ2) is 6.05. The highest BCUT2D eigenvalue weighted by Crippen LogP contribution is 2.29. The molecule has 0 saturated carbocycles. The summed E-state index contributed by atoms with van der Waals surface area (Å²) < 4.78 is 0. The van der Waals surface area contributed by atoms with Gasteiger partial charge in [0.25, 0.3) is 0 Å². The van der Waals surface area contributed by atoms with Crippen LogP contribution < -0.4 is 16.6 Å². The summed E-state index contributed by atoms with van der Waals surface area (Å²) in [5.41, 5.74) is 3.01. The zero-order valence-corrected chi connectivity index (χ0v) is 13.5. The van der Waals surface area contributed by atoms with Crippen molar-refractivity contribution in [3.8, 4) is 0 Å². The van der Waals surface area contributed by atoms with E-state index in [9.17, 15) is 0 Å². The number of anilines is 3. The minimum Gasteiger partial charge on any atom is -0.339 e. The maximum Gasteiger partial charge on any atom is 0.145 e. The predicted octanol–water partition coefficient (Wildman–Crippen LogP) is 4.11. The summed E-state index contributed by atoms with van der Waals surface area (Å²) in [4.78, 5) is 8.86. The Morgan fingerprint density at radius 1 is 1.05 bits per heavy atom. The summed E-state index contributed by atoms with van der Waals surface area (Å²) in [6.07, 6.45) is 0. The van der Waals surface area contributed by atoms with Crippen LogP contribution in [-0.2, 0) is 5.41 Å². The molecule has 1 aromatic carbocycles. The Morgan fingerprint density at radius 2 is 1.71 bits per heavy atom. The third-order valence-electron chi connectivity index (χ3n) is 2.74. The van der Waals surface area contributed by atoms with Gasteiger partial charge in [-0.25, -0.2) is 15.8 Å². The minimum absolute atomic E-state index is 0.207. The van der Waals surface area contributed by atoms with E-state index in [-0.39, 0.29) is 5.41 Å². The number of nitrogen functional groups attached to an aromatic ring is 1. The summed E-state index contributed by atoms with van der Waals surface area (Å²) in [6.45, 7) is 6.08. The highest BCUT2D eigenvalue weighted by molar-refractivity contribution is 6.35. The average Bonchev–Trinajstić information content (AvgIpc) is 2.41. The van der Waals surface area contributed by atoms with E-state index >= 15 is 0 Å². The van der Waals surface area contributed by atoms with Crippen molar-refractivity contribution in [3.05, 3.63) is 40.1 Å². The van der Waals surface area contributed by atoms with Gasteiger partial charge >= 0.3 is 0 Å². The van der Waals surface area contributed by atoms with Crippen LogP contribution in [0.5, 0.6) is 0 Å². The van der Waals surface area contributed by atoms with Crippen LogP contribution >= 0.6 is 23.2 Å². The van der Waals surface area contributed by atoms with E-state index in [1.54, 1.807) is 24.3 Å². The number of halogens is 2. The highest BCUT2D eigenvalue weighted by Gasteiger charge is 2.19. The number of rotatable bonds is 3. The standard InChI is InChI=1S/C14H17Cl2N5/c1-14(2,3)13-19-11(7-12(20-13)21-17)18-10-6-8(15)4-5-9(10)16/h4-7H,17H2,1-3H3,(H2,18,19,20,21). The van der Waals surface area contributed by atoms with Gasteiger partial charge in [0, 0.05) is 16.5 Å². The van der Waals surface area contributed by atoms with Crippen molar-refractivity contribution in [2.75, 3.05) is 10.7 Å². The van der Waals surface area contributed by atoms with Crippen molar-refractivity contribution >= 4 is 40.5 Å². The van der Waals surface area contributed by atoms with E-state index < -0.39 is 0 Å². The molecule has 0 atom stereocenters. The zero-order chi connectivity index (χ0) is 15.6. The molecule has 0 spiro atoms. The van der Waals surface area contributed by atoms with Gasteiger partial charge in [-0.1, -0.05) is 44.0 Å². The fourth-order valence-electron chi connectivity index (χ4n) is 1.65. The van der Waals surface area contributed by atoms with Crippen LogP contribution in [0.4, 0.5) is 17.3 Å². The maximum atomic E-state index is 6.14. The van der Waals surface area contributed by atoms with Crippen LogP contribution in [0.3, 0.4) is 0 Å². The first-order chi connectivity index (χ1) is 9.79. The predicted molar refractivity (Wildman–Crippen MR) is 88.3 cm³/mol. The van der Waals surface area contributed by atoms with E-state index in [0.29, 0.717) is 33.2 Å². The van der Waals surface area contributed by atoms with E-state index in [2.05, 4.69) is 20.7 Å². The molecule has 0 radical (unpaired) electrons. The van der Waals surface area contributed by atoms with Crippen molar-refractivity contribution in [2.45, 2.75) is 26.2 Å². The molecular formula is C14H17Cl2N5. The molecule has 1 heterocycles. The number of hydrogen-bond donors (Lipinski definition) is 3. The molecule has 2 rings (SSSR count). The number of benzene rings is 1. The third kappa shape index (κ3) is 3.97. The first-order valence-electron chi connectivity index (χ1n) is 6.38. The Bertz CT molecular complexity index is 652. The van der Waals surface area contributed by atoms with Crippen LogP contribution in [0.2, 0.25) is 10.0 Å². The van der Waals surface area contributed by atoms with Gasteiger partial charge in [0.1, 0.15) is 17.5 Å². The summed E-state index contributed by atoms with van der Waals surface area (Å²) in [7, 11) is 0. The van der Waals surface area contributed by atoms with Crippen LogP contribution in [-0.4, -0.2) is 9.97 Å². The molecule has 0 aliphatic carbocycles. The van der Waals surface area contributed by atoms with E-state index in [0.717, 1.165) is 0 Å². The second-order valence-electron chi connectivity index (χ2n) is 5.61. The van der Waals surface area contributed by atoms with Gasteiger partial charge in [0.05, 0.1) is 10.7 Å². The number of hydrogen-bond acceptors (Lipinski definition) is 5. The molecular weight excluding hydrogens is 309 g/mol. The quantitative estimate of drug-likeness (QED) is 0.584. The molecule has 5 nitrogen and oxygen atoms in total. The van der Waals surface area contributed by atoms with Crippen LogP contribution in [0.1, 0.15) is 26.6 Å². The van der Waals surface area contributed by atoms with E-state index in [4.69, 9.17) is 29.0 Å². The van der Waals surface area contributed by atoms with Crippen LogP contribution in [0.15, 0.2) is 24.3 Å². The Labute approximate surface area is 133 Å². The topological polar surface area (TPSA) is 75.9 Å². The van der Waals surface area contributed by atoms with Crippen molar-refractivity contribution in [1.82, 2.24) is 9.97 Å². The molecule has 0 aliphatic heterocycles. The van der Waals surface area contributed by atoms with Crippen molar-refractivity contribution < 1.29 is 0 Å². The Balaban J connectivity index is 2.42. The molecule has 4 N–H and O–H groups in total. The molecule has 0 bridgehead atoms. The summed E-state index contributed by atoms with van der Waals surface area (Å²) >= 11 is 12.1. The summed E-state index contributed by atoms with van der Waals surface area (Å²) in [6, 6.07) is 6.88. The molecule has 0 unspecified atom stereocenters. The molecule has 1 aromatic heterocycles. The Hall–Kier alpha value is -1.56. The fraction of sp³-hybridized carbons (Fsp3) is 0.286. The average molecular weight is 326 g/mol. The lowest BCUT2D eigenvalue weighted by molar-refractivity contribution is 0.547. The monoisotopic (exact) mass is 325 g/mol. The van der Waals surface area contributed by atoms with Gasteiger partial charge in [-0.3, -0.25) is 0 Å². The number of aromatic nitrogens is 2. The molecule has 0 saturated heterocycles. The van der Waals surface area contributed by atoms with Crippen molar-refractivity contribution in [1.29, 1.82) is 0 Å². The molecule has 0 aliphatic rings. The molecule has 0 amide bonds. The molecule has 7 heteroatoms. The Morgan fingerprint density at radius 3 is 2.33 bits per heavy atom. The highest BCUT2D eigenvalue weighted by atomic mass is 35.5.